The highest BCUT2D eigenvalue weighted by Gasteiger charge is 2.23. The Balaban J connectivity index is 1.91. The maximum Gasteiger partial charge on any atom is 0.262 e. The summed E-state index contributed by atoms with van der Waals surface area (Å²) in [4.78, 5) is 13.9. The second-order valence-electron chi connectivity index (χ2n) is 6.11. The lowest BCUT2D eigenvalue weighted by Gasteiger charge is -2.27. The van der Waals surface area contributed by atoms with Crippen molar-refractivity contribution in [3.63, 3.8) is 0 Å². The highest BCUT2D eigenvalue weighted by molar-refractivity contribution is 7.92. The van der Waals surface area contributed by atoms with Crippen LogP contribution in [0.5, 0.6) is 0 Å². The lowest BCUT2D eigenvalue weighted by atomic mass is 10.1. The lowest BCUT2D eigenvalue weighted by Crippen LogP contribution is -2.36. The topological polar surface area (TPSA) is 66.5 Å². The van der Waals surface area contributed by atoms with Gasteiger partial charge in [0.15, 0.2) is 0 Å². The minimum atomic E-state index is -4.25. The first-order valence-electron chi connectivity index (χ1n) is 8.24. The van der Waals surface area contributed by atoms with Crippen molar-refractivity contribution >= 4 is 21.6 Å². The third-order valence-corrected chi connectivity index (χ3v) is 5.54. The van der Waals surface area contributed by atoms with Crippen LogP contribution >= 0.6 is 0 Å². The molecule has 0 bridgehead atoms. The van der Waals surface area contributed by atoms with Gasteiger partial charge in [-0.15, -0.1) is 0 Å². The first kappa shape index (κ1) is 18.3. The summed E-state index contributed by atoms with van der Waals surface area (Å²) in [6.45, 7) is 1.24. The molecule has 1 amide bonds. The van der Waals surface area contributed by atoms with Crippen LogP contribution in [0, 0.1) is 11.6 Å². The van der Waals surface area contributed by atoms with E-state index in [0.29, 0.717) is 19.2 Å². The van der Waals surface area contributed by atoms with Crippen LogP contribution in [-0.4, -0.2) is 32.3 Å². The summed E-state index contributed by atoms with van der Waals surface area (Å²) >= 11 is 0. The van der Waals surface area contributed by atoms with E-state index >= 15 is 0 Å². The van der Waals surface area contributed by atoms with Gasteiger partial charge in [-0.2, -0.15) is 0 Å². The van der Waals surface area contributed by atoms with Gasteiger partial charge in [-0.1, -0.05) is 12.1 Å². The van der Waals surface area contributed by atoms with Gasteiger partial charge in [0.2, 0.25) is 0 Å². The van der Waals surface area contributed by atoms with Crippen molar-refractivity contribution in [3.05, 3.63) is 59.7 Å². The fourth-order valence-corrected chi connectivity index (χ4v) is 4.03. The molecule has 0 radical (unpaired) electrons. The van der Waals surface area contributed by atoms with Crippen molar-refractivity contribution in [2.24, 2.45) is 0 Å². The van der Waals surface area contributed by atoms with Crippen LogP contribution < -0.4 is 4.72 Å². The number of likely N-dealkylation sites (tertiary alicyclic amines) is 1. The molecule has 1 N–H and O–H groups in total. The van der Waals surface area contributed by atoms with Gasteiger partial charge < -0.3 is 4.90 Å². The minimum absolute atomic E-state index is 0.0766. The normalized spacial score (nSPS) is 14.9. The molecule has 2 aromatic carbocycles. The van der Waals surface area contributed by atoms with Gasteiger partial charge in [0, 0.05) is 19.2 Å². The number of carbonyl (C=O) groups is 1. The number of nitrogens with zero attached hydrogens (tertiary/aromatic N) is 1. The first-order valence-corrected chi connectivity index (χ1v) is 9.72. The molecule has 0 atom stereocenters. The van der Waals surface area contributed by atoms with Crippen molar-refractivity contribution in [1.29, 1.82) is 0 Å². The number of carbonyl (C=O) groups excluding carboxylic acids is 1. The molecule has 1 aliphatic heterocycles. The SMILES string of the molecule is O=C(c1ccccc1NS(=O)(=O)c1cc(F)cc(F)c1)N1CCCCC1. The van der Waals surface area contributed by atoms with Crippen LogP contribution in [0.4, 0.5) is 14.5 Å². The predicted molar refractivity (Wildman–Crippen MR) is 93.4 cm³/mol. The van der Waals surface area contributed by atoms with Crippen molar-refractivity contribution < 1.29 is 22.0 Å². The van der Waals surface area contributed by atoms with E-state index < -0.39 is 26.6 Å². The number of nitrogens with one attached hydrogen (secondary N) is 1. The standard InChI is InChI=1S/C18H18F2N2O3S/c19-13-10-14(20)12-15(11-13)26(24,25)21-17-7-3-2-6-16(17)18(23)22-8-4-1-5-9-22/h2-3,6-7,10-12,21H,1,4-5,8-9H2. The van der Waals surface area contributed by atoms with Crippen molar-refractivity contribution in [2.45, 2.75) is 24.2 Å². The second-order valence-corrected chi connectivity index (χ2v) is 7.79. The molecule has 3 rings (SSSR count). The maximum absolute atomic E-state index is 13.4. The highest BCUT2D eigenvalue weighted by Crippen LogP contribution is 2.23. The summed E-state index contributed by atoms with van der Waals surface area (Å²) in [5.41, 5.74) is 0.280. The number of halogens is 2. The minimum Gasteiger partial charge on any atom is -0.339 e. The molecule has 1 saturated heterocycles. The zero-order chi connectivity index (χ0) is 18.7. The highest BCUT2D eigenvalue weighted by atomic mass is 32.2. The molecule has 0 aromatic heterocycles. The van der Waals surface area contributed by atoms with E-state index in [9.17, 15) is 22.0 Å². The van der Waals surface area contributed by atoms with Gasteiger partial charge in [-0.05, 0) is 43.5 Å². The average molecular weight is 380 g/mol. The quantitative estimate of drug-likeness (QED) is 0.884. The Morgan fingerprint density at radius 1 is 0.962 bits per heavy atom. The van der Waals surface area contributed by atoms with Gasteiger partial charge >= 0.3 is 0 Å². The predicted octanol–water partition coefficient (Wildman–Crippen LogP) is 3.39. The van der Waals surface area contributed by atoms with Crippen LogP contribution in [0.25, 0.3) is 0 Å². The summed E-state index contributed by atoms with van der Waals surface area (Å²) in [7, 11) is -4.25. The molecule has 8 heteroatoms. The summed E-state index contributed by atoms with van der Waals surface area (Å²) in [5.74, 6) is -2.26. The van der Waals surface area contributed by atoms with Gasteiger partial charge in [-0.25, -0.2) is 17.2 Å². The fourth-order valence-electron chi connectivity index (χ4n) is 2.91. The smallest absolute Gasteiger partial charge is 0.262 e. The van der Waals surface area contributed by atoms with E-state index in [0.717, 1.165) is 31.4 Å². The largest absolute Gasteiger partial charge is 0.339 e. The Bertz CT molecular complexity index is 906. The Morgan fingerprint density at radius 2 is 1.58 bits per heavy atom. The van der Waals surface area contributed by atoms with Gasteiger partial charge in [0.1, 0.15) is 11.6 Å². The van der Waals surface area contributed by atoms with Gasteiger partial charge in [0.05, 0.1) is 16.1 Å². The number of benzene rings is 2. The van der Waals surface area contributed by atoms with Gasteiger partial charge in [0.25, 0.3) is 15.9 Å². The van der Waals surface area contributed by atoms with Crippen LogP contribution in [0.1, 0.15) is 29.6 Å². The van der Waals surface area contributed by atoms with Crippen molar-refractivity contribution in [1.82, 2.24) is 4.90 Å². The third kappa shape index (κ3) is 4.01. The molecule has 0 spiro atoms. The maximum atomic E-state index is 13.4. The Morgan fingerprint density at radius 3 is 2.23 bits per heavy atom. The third-order valence-electron chi connectivity index (χ3n) is 4.19. The molecular formula is C18H18F2N2O3S. The van der Waals surface area contributed by atoms with Crippen LogP contribution in [0.15, 0.2) is 47.4 Å². The van der Waals surface area contributed by atoms with Crippen molar-refractivity contribution in [2.75, 3.05) is 17.8 Å². The lowest BCUT2D eigenvalue weighted by molar-refractivity contribution is 0.0725. The number of amides is 1. The molecule has 1 heterocycles. The zero-order valence-corrected chi connectivity index (χ0v) is 14.7. The summed E-state index contributed by atoms with van der Waals surface area (Å²) < 4.78 is 54.0. The number of sulfonamides is 1. The number of anilines is 1. The van der Waals surface area contributed by atoms with E-state index in [-0.39, 0.29) is 17.2 Å². The first-order chi connectivity index (χ1) is 12.4. The summed E-state index contributed by atoms with van der Waals surface area (Å²) in [6.07, 6.45) is 2.87. The molecule has 5 nitrogen and oxygen atoms in total. The average Bonchev–Trinajstić information content (AvgIpc) is 2.61. The molecule has 1 fully saturated rings. The molecular weight excluding hydrogens is 362 g/mol. The molecule has 2 aromatic rings. The molecule has 0 unspecified atom stereocenters. The summed E-state index contributed by atoms with van der Waals surface area (Å²) in [6, 6.07) is 8.23. The van der Waals surface area contributed by atoms with E-state index in [1.807, 2.05) is 0 Å². The second kappa shape index (κ2) is 7.41. The molecule has 1 aliphatic rings. The Hall–Kier alpha value is -2.48. The van der Waals surface area contributed by atoms with Crippen LogP contribution in [0.3, 0.4) is 0 Å². The van der Waals surface area contributed by atoms with E-state index in [2.05, 4.69) is 4.72 Å². The number of rotatable bonds is 4. The van der Waals surface area contributed by atoms with Crippen molar-refractivity contribution in [3.8, 4) is 0 Å². The van der Waals surface area contributed by atoms with Crippen LogP contribution in [-0.2, 0) is 10.0 Å². The van der Waals surface area contributed by atoms with Crippen LogP contribution in [0.2, 0.25) is 0 Å². The molecule has 138 valence electrons. The molecule has 0 aliphatic carbocycles. The molecule has 0 saturated carbocycles. The van der Waals surface area contributed by atoms with Gasteiger partial charge in [-0.3, -0.25) is 9.52 Å². The Labute approximate surface area is 150 Å². The number of hydrogen-bond donors (Lipinski definition) is 1. The molecule has 26 heavy (non-hydrogen) atoms. The Kier molecular flexibility index (Phi) is 5.22. The fraction of sp³-hybridized carbons (Fsp3) is 0.278. The number of hydrogen-bond acceptors (Lipinski definition) is 3. The number of para-hydroxylation sites is 1. The summed E-state index contributed by atoms with van der Waals surface area (Å²) in [5, 5.41) is 0. The van der Waals surface area contributed by atoms with E-state index in [1.54, 1.807) is 17.0 Å². The van der Waals surface area contributed by atoms with E-state index in [1.165, 1.54) is 12.1 Å². The monoisotopic (exact) mass is 380 g/mol. The number of piperidine rings is 1. The van der Waals surface area contributed by atoms with E-state index in [4.69, 9.17) is 0 Å². The zero-order valence-electron chi connectivity index (χ0n) is 13.9.